The van der Waals surface area contributed by atoms with Crippen LogP contribution in [0.1, 0.15) is 17.5 Å². The molecule has 0 aliphatic rings. The quantitative estimate of drug-likeness (QED) is 0.759. The standard InChI is InChI=1S/C11H14ClNO2/c1-8-9(3-2-4-10(8)12)7-13-6-5-11(14)15/h2-4,13H,5-7H2,1H3,(H,14,15). The number of carboxylic acid groups (broad SMARTS) is 1. The first-order valence-electron chi connectivity index (χ1n) is 4.77. The number of benzene rings is 1. The van der Waals surface area contributed by atoms with Crippen LogP contribution < -0.4 is 5.32 Å². The summed E-state index contributed by atoms with van der Waals surface area (Å²) in [5.74, 6) is -0.787. The molecule has 0 aliphatic heterocycles. The van der Waals surface area contributed by atoms with Crippen molar-refractivity contribution in [2.45, 2.75) is 19.9 Å². The Morgan fingerprint density at radius 2 is 2.27 bits per heavy atom. The van der Waals surface area contributed by atoms with Crippen LogP contribution in [0.15, 0.2) is 18.2 Å². The number of hydrogen-bond acceptors (Lipinski definition) is 2. The van der Waals surface area contributed by atoms with E-state index in [1.165, 1.54) is 0 Å². The molecule has 0 saturated carbocycles. The predicted molar refractivity (Wildman–Crippen MR) is 60.1 cm³/mol. The average molecular weight is 228 g/mol. The Kier molecular flexibility index (Phi) is 4.59. The minimum absolute atomic E-state index is 0.139. The highest BCUT2D eigenvalue weighted by atomic mass is 35.5. The number of rotatable bonds is 5. The number of hydrogen-bond donors (Lipinski definition) is 2. The molecule has 1 rings (SSSR count). The Morgan fingerprint density at radius 3 is 2.93 bits per heavy atom. The molecule has 0 bridgehead atoms. The highest BCUT2D eigenvalue weighted by molar-refractivity contribution is 6.31. The zero-order valence-electron chi connectivity index (χ0n) is 8.59. The fraction of sp³-hybridized carbons (Fsp3) is 0.364. The van der Waals surface area contributed by atoms with E-state index >= 15 is 0 Å². The maximum Gasteiger partial charge on any atom is 0.304 e. The lowest BCUT2D eigenvalue weighted by Gasteiger charge is -2.07. The van der Waals surface area contributed by atoms with Gasteiger partial charge in [0.2, 0.25) is 0 Å². The van der Waals surface area contributed by atoms with E-state index in [-0.39, 0.29) is 6.42 Å². The third-order valence-electron chi connectivity index (χ3n) is 2.21. The Morgan fingerprint density at radius 1 is 1.53 bits per heavy atom. The van der Waals surface area contributed by atoms with E-state index < -0.39 is 5.97 Å². The van der Waals surface area contributed by atoms with Crippen LogP contribution in [0.25, 0.3) is 0 Å². The molecule has 0 spiro atoms. The molecular weight excluding hydrogens is 214 g/mol. The fourth-order valence-electron chi connectivity index (χ4n) is 1.26. The van der Waals surface area contributed by atoms with Gasteiger partial charge in [0.15, 0.2) is 0 Å². The van der Waals surface area contributed by atoms with Crippen LogP contribution in [0.2, 0.25) is 5.02 Å². The summed E-state index contributed by atoms with van der Waals surface area (Å²) in [5.41, 5.74) is 2.15. The second kappa shape index (κ2) is 5.73. The molecule has 0 unspecified atom stereocenters. The Balaban J connectivity index is 2.44. The fourth-order valence-corrected chi connectivity index (χ4v) is 1.46. The second-order valence-corrected chi connectivity index (χ2v) is 3.75. The normalized spacial score (nSPS) is 10.3. The molecule has 0 amide bonds. The van der Waals surface area contributed by atoms with Gasteiger partial charge < -0.3 is 10.4 Å². The lowest BCUT2D eigenvalue weighted by molar-refractivity contribution is -0.136. The van der Waals surface area contributed by atoms with Gasteiger partial charge in [0.05, 0.1) is 6.42 Å². The van der Waals surface area contributed by atoms with Gasteiger partial charge in [-0.25, -0.2) is 0 Å². The number of halogens is 1. The van der Waals surface area contributed by atoms with Gasteiger partial charge in [-0.15, -0.1) is 0 Å². The second-order valence-electron chi connectivity index (χ2n) is 3.34. The van der Waals surface area contributed by atoms with Gasteiger partial charge in [-0.3, -0.25) is 4.79 Å². The van der Waals surface area contributed by atoms with E-state index in [2.05, 4.69) is 5.32 Å². The van der Waals surface area contributed by atoms with E-state index in [4.69, 9.17) is 16.7 Å². The molecule has 1 aromatic rings. The molecule has 3 nitrogen and oxygen atoms in total. The summed E-state index contributed by atoms with van der Waals surface area (Å²) >= 11 is 5.96. The number of aliphatic carboxylic acids is 1. The minimum atomic E-state index is -0.787. The van der Waals surface area contributed by atoms with Crippen LogP contribution in [0.5, 0.6) is 0 Å². The van der Waals surface area contributed by atoms with Crippen molar-refractivity contribution < 1.29 is 9.90 Å². The van der Waals surface area contributed by atoms with Crippen molar-refractivity contribution in [1.29, 1.82) is 0 Å². The summed E-state index contributed by atoms with van der Waals surface area (Å²) in [7, 11) is 0. The maximum atomic E-state index is 10.3. The largest absolute Gasteiger partial charge is 0.481 e. The summed E-state index contributed by atoms with van der Waals surface area (Å²) < 4.78 is 0. The van der Waals surface area contributed by atoms with Gasteiger partial charge in [-0.05, 0) is 24.1 Å². The molecular formula is C11H14ClNO2. The summed E-state index contributed by atoms with van der Waals surface area (Å²) in [4.78, 5) is 10.3. The molecule has 0 saturated heterocycles. The molecule has 0 fully saturated rings. The van der Waals surface area contributed by atoms with Gasteiger partial charge in [-0.2, -0.15) is 0 Å². The van der Waals surface area contributed by atoms with E-state index in [1.807, 2.05) is 25.1 Å². The smallest absolute Gasteiger partial charge is 0.304 e. The first-order chi connectivity index (χ1) is 7.11. The summed E-state index contributed by atoms with van der Waals surface area (Å²) in [6, 6.07) is 5.72. The molecule has 2 N–H and O–H groups in total. The zero-order chi connectivity index (χ0) is 11.3. The number of carboxylic acids is 1. The van der Waals surface area contributed by atoms with Gasteiger partial charge in [-0.1, -0.05) is 23.7 Å². The Labute approximate surface area is 94.1 Å². The molecule has 0 radical (unpaired) electrons. The van der Waals surface area contributed by atoms with Crippen LogP contribution in [0, 0.1) is 6.92 Å². The van der Waals surface area contributed by atoms with Crippen molar-refractivity contribution in [2.24, 2.45) is 0 Å². The van der Waals surface area contributed by atoms with E-state index in [0.29, 0.717) is 13.1 Å². The van der Waals surface area contributed by atoms with Crippen molar-refractivity contribution in [3.63, 3.8) is 0 Å². The number of carbonyl (C=O) groups is 1. The van der Waals surface area contributed by atoms with Gasteiger partial charge in [0, 0.05) is 18.1 Å². The lowest BCUT2D eigenvalue weighted by Crippen LogP contribution is -2.18. The summed E-state index contributed by atoms with van der Waals surface area (Å²) in [6.07, 6.45) is 0.139. The van der Waals surface area contributed by atoms with Crippen LogP contribution >= 0.6 is 11.6 Å². The van der Waals surface area contributed by atoms with E-state index in [1.54, 1.807) is 0 Å². The maximum absolute atomic E-state index is 10.3. The van der Waals surface area contributed by atoms with Crippen LogP contribution in [0.4, 0.5) is 0 Å². The first kappa shape index (κ1) is 12.0. The monoisotopic (exact) mass is 227 g/mol. The third kappa shape index (κ3) is 3.90. The van der Waals surface area contributed by atoms with Crippen molar-refractivity contribution in [3.05, 3.63) is 34.3 Å². The molecule has 0 heterocycles. The van der Waals surface area contributed by atoms with Crippen molar-refractivity contribution in [2.75, 3.05) is 6.54 Å². The molecule has 0 aliphatic carbocycles. The van der Waals surface area contributed by atoms with E-state index in [9.17, 15) is 4.79 Å². The van der Waals surface area contributed by atoms with Crippen LogP contribution in [-0.4, -0.2) is 17.6 Å². The van der Waals surface area contributed by atoms with Gasteiger partial charge >= 0.3 is 5.97 Å². The molecule has 15 heavy (non-hydrogen) atoms. The van der Waals surface area contributed by atoms with Crippen molar-refractivity contribution in [1.82, 2.24) is 5.32 Å². The minimum Gasteiger partial charge on any atom is -0.481 e. The van der Waals surface area contributed by atoms with Gasteiger partial charge in [0.25, 0.3) is 0 Å². The van der Waals surface area contributed by atoms with Crippen LogP contribution in [-0.2, 0) is 11.3 Å². The van der Waals surface area contributed by atoms with Gasteiger partial charge in [0.1, 0.15) is 0 Å². The predicted octanol–water partition coefficient (Wildman–Crippen LogP) is 2.21. The first-order valence-corrected chi connectivity index (χ1v) is 5.15. The van der Waals surface area contributed by atoms with Crippen molar-refractivity contribution in [3.8, 4) is 0 Å². The Bertz CT molecular complexity index is 352. The zero-order valence-corrected chi connectivity index (χ0v) is 9.34. The molecule has 0 atom stereocenters. The SMILES string of the molecule is Cc1c(Cl)cccc1CNCCC(=O)O. The summed E-state index contributed by atoms with van der Waals surface area (Å²) in [5, 5.41) is 12.3. The van der Waals surface area contributed by atoms with Crippen LogP contribution in [0.3, 0.4) is 0 Å². The third-order valence-corrected chi connectivity index (χ3v) is 2.62. The Hall–Kier alpha value is -1.06. The lowest BCUT2D eigenvalue weighted by atomic mass is 10.1. The highest BCUT2D eigenvalue weighted by Crippen LogP contribution is 2.18. The molecule has 4 heteroatoms. The average Bonchev–Trinajstić information content (AvgIpc) is 2.18. The molecule has 1 aromatic carbocycles. The molecule has 0 aromatic heterocycles. The number of nitrogens with one attached hydrogen (secondary N) is 1. The molecule has 82 valence electrons. The summed E-state index contributed by atoms with van der Waals surface area (Å²) in [6.45, 7) is 3.08. The van der Waals surface area contributed by atoms with Crippen molar-refractivity contribution >= 4 is 17.6 Å². The topological polar surface area (TPSA) is 49.3 Å². The highest BCUT2D eigenvalue weighted by Gasteiger charge is 2.01. The van der Waals surface area contributed by atoms with E-state index in [0.717, 1.165) is 16.1 Å².